The van der Waals surface area contributed by atoms with Crippen molar-refractivity contribution in [2.75, 3.05) is 0 Å². The molecule has 2 aromatic carbocycles. The number of nitrogens with zero attached hydrogens (tertiary/aromatic N) is 4. The van der Waals surface area contributed by atoms with Gasteiger partial charge in [-0.1, -0.05) is 30.0 Å². The predicted molar refractivity (Wildman–Crippen MR) is 87.1 cm³/mol. The van der Waals surface area contributed by atoms with E-state index < -0.39 is 5.82 Å². The third kappa shape index (κ3) is 3.14. The van der Waals surface area contributed by atoms with Crippen LogP contribution in [0.4, 0.5) is 8.78 Å². The van der Waals surface area contributed by atoms with Crippen molar-refractivity contribution in [1.82, 2.24) is 14.8 Å². The van der Waals surface area contributed by atoms with Crippen LogP contribution in [0.3, 0.4) is 0 Å². The first-order chi connectivity index (χ1) is 11.6. The van der Waals surface area contributed by atoms with Gasteiger partial charge in [0.05, 0.1) is 17.2 Å². The average molecular weight is 342 g/mol. The van der Waals surface area contributed by atoms with Gasteiger partial charge in [-0.3, -0.25) is 0 Å². The van der Waals surface area contributed by atoms with Crippen LogP contribution in [0.2, 0.25) is 0 Å². The number of benzene rings is 2. The molecule has 0 N–H and O–H groups in total. The summed E-state index contributed by atoms with van der Waals surface area (Å²) in [6.45, 7) is 0. The molecule has 120 valence electrons. The summed E-state index contributed by atoms with van der Waals surface area (Å²) in [4.78, 5) is 0. The van der Waals surface area contributed by atoms with Crippen LogP contribution >= 0.6 is 11.8 Å². The molecule has 4 nitrogen and oxygen atoms in total. The van der Waals surface area contributed by atoms with E-state index in [0.29, 0.717) is 27.9 Å². The molecule has 7 heteroatoms. The second-order valence-corrected chi connectivity index (χ2v) is 5.99. The van der Waals surface area contributed by atoms with Crippen molar-refractivity contribution in [3.05, 3.63) is 65.2 Å². The lowest BCUT2D eigenvalue weighted by molar-refractivity contribution is 0.616. The number of thioether (sulfide) groups is 1. The summed E-state index contributed by atoms with van der Waals surface area (Å²) in [5.74, 6) is -0.0579. The quantitative estimate of drug-likeness (QED) is 0.674. The second kappa shape index (κ2) is 6.81. The molecule has 0 atom stereocenters. The minimum atomic E-state index is -0.432. The maximum atomic E-state index is 13.9. The Bertz CT molecular complexity index is 931. The third-order valence-electron chi connectivity index (χ3n) is 3.49. The lowest BCUT2D eigenvalue weighted by Gasteiger charge is -2.05. The standard InChI is InChI=1S/C17H12F2N4S/c1-23-16(13-4-2-3-5-14(13)18)21-22-17(23)24-10-12-7-6-11(9-20)8-15(12)19/h2-8H,10H2,1H3. The van der Waals surface area contributed by atoms with E-state index in [4.69, 9.17) is 5.26 Å². The molecular weight excluding hydrogens is 330 g/mol. The van der Waals surface area contributed by atoms with Crippen molar-refractivity contribution in [1.29, 1.82) is 5.26 Å². The molecule has 24 heavy (non-hydrogen) atoms. The number of hydrogen-bond donors (Lipinski definition) is 0. The highest BCUT2D eigenvalue weighted by Gasteiger charge is 2.15. The van der Waals surface area contributed by atoms with Gasteiger partial charge in [0.25, 0.3) is 0 Å². The van der Waals surface area contributed by atoms with Crippen molar-refractivity contribution in [3.63, 3.8) is 0 Å². The lowest BCUT2D eigenvalue weighted by Crippen LogP contribution is -1.97. The topological polar surface area (TPSA) is 54.5 Å². The van der Waals surface area contributed by atoms with Gasteiger partial charge in [-0.25, -0.2) is 8.78 Å². The second-order valence-electron chi connectivity index (χ2n) is 5.05. The molecule has 0 unspecified atom stereocenters. The van der Waals surface area contributed by atoms with Crippen LogP contribution in [-0.4, -0.2) is 14.8 Å². The van der Waals surface area contributed by atoms with Gasteiger partial charge in [0.2, 0.25) is 0 Å². The Morgan fingerprint density at radius 2 is 1.92 bits per heavy atom. The zero-order valence-electron chi connectivity index (χ0n) is 12.7. The monoisotopic (exact) mass is 342 g/mol. The van der Waals surface area contributed by atoms with Gasteiger partial charge in [0.1, 0.15) is 11.6 Å². The molecule has 0 spiro atoms. The van der Waals surface area contributed by atoms with Crippen LogP contribution in [0, 0.1) is 23.0 Å². The van der Waals surface area contributed by atoms with E-state index in [1.807, 2.05) is 6.07 Å². The molecule has 1 aromatic heterocycles. The summed E-state index contributed by atoms with van der Waals surface area (Å²) in [5, 5.41) is 17.4. The SMILES string of the molecule is Cn1c(SCc2ccc(C#N)cc2F)nnc1-c1ccccc1F. The van der Waals surface area contributed by atoms with Gasteiger partial charge in [0.15, 0.2) is 11.0 Å². The number of halogens is 2. The smallest absolute Gasteiger partial charge is 0.191 e. The molecule has 0 aliphatic carbocycles. The summed E-state index contributed by atoms with van der Waals surface area (Å²) >= 11 is 1.29. The summed E-state index contributed by atoms with van der Waals surface area (Å²) in [7, 11) is 1.74. The van der Waals surface area contributed by atoms with Gasteiger partial charge >= 0.3 is 0 Å². The Morgan fingerprint density at radius 3 is 2.62 bits per heavy atom. The third-order valence-corrected chi connectivity index (χ3v) is 4.56. The van der Waals surface area contributed by atoms with E-state index in [0.717, 1.165) is 0 Å². The number of aromatic nitrogens is 3. The fraction of sp³-hybridized carbons (Fsp3) is 0.118. The van der Waals surface area contributed by atoms with Crippen molar-refractivity contribution in [2.45, 2.75) is 10.9 Å². The molecule has 0 saturated heterocycles. The Labute approximate surface area is 141 Å². The van der Waals surface area contributed by atoms with E-state index in [2.05, 4.69) is 10.2 Å². The highest BCUT2D eigenvalue weighted by atomic mass is 32.2. The van der Waals surface area contributed by atoms with Gasteiger partial charge in [-0.2, -0.15) is 5.26 Å². The molecule has 0 amide bonds. The lowest BCUT2D eigenvalue weighted by atomic mass is 10.1. The Kier molecular flexibility index (Phi) is 4.58. The first-order valence-corrected chi connectivity index (χ1v) is 8.04. The van der Waals surface area contributed by atoms with Crippen molar-refractivity contribution >= 4 is 11.8 Å². The van der Waals surface area contributed by atoms with E-state index in [-0.39, 0.29) is 11.4 Å². The Hall–Kier alpha value is -2.72. The van der Waals surface area contributed by atoms with E-state index in [9.17, 15) is 8.78 Å². The highest BCUT2D eigenvalue weighted by Crippen LogP contribution is 2.27. The van der Waals surface area contributed by atoms with Gasteiger partial charge in [-0.15, -0.1) is 10.2 Å². The normalized spacial score (nSPS) is 10.6. The van der Waals surface area contributed by atoms with Gasteiger partial charge in [0, 0.05) is 12.8 Å². The number of nitriles is 1. The fourth-order valence-corrected chi connectivity index (χ4v) is 3.09. The molecule has 0 saturated carbocycles. The van der Waals surface area contributed by atoms with Crippen molar-refractivity contribution in [3.8, 4) is 17.5 Å². The zero-order valence-corrected chi connectivity index (χ0v) is 13.5. The molecule has 0 radical (unpaired) electrons. The summed E-state index contributed by atoms with van der Waals surface area (Å²) in [6, 6.07) is 12.6. The van der Waals surface area contributed by atoms with E-state index in [1.54, 1.807) is 41.9 Å². The van der Waals surface area contributed by atoms with Crippen molar-refractivity contribution < 1.29 is 8.78 Å². The summed E-state index contributed by atoms with van der Waals surface area (Å²) in [6.07, 6.45) is 0. The first-order valence-electron chi connectivity index (χ1n) is 7.05. The van der Waals surface area contributed by atoms with Crippen molar-refractivity contribution in [2.24, 2.45) is 7.05 Å². The summed E-state index contributed by atoms with van der Waals surface area (Å²) in [5.41, 5.74) is 1.11. The number of hydrogen-bond acceptors (Lipinski definition) is 4. The molecule has 3 aromatic rings. The minimum Gasteiger partial charge on any atom is -0.305 e. The molecule has 0 aliphatic heterocycles. The van der Waals surface area contributed by atoms with Crippen LogP contribution in [0.5, 0.6) is 0 Å². The predicted octanol–water partition coefficient (Wildman–Crippen LogP) is 3.92. The van der Waals surface area contributed by atoms with Gasteiger partial charge < -0.3 is 4.57 Å². The highest BCUT2D eigenvalue weighted by molar-refractivity contribution is 7.98. The molecule has 3 rings (SSSR count). The maximum Gasteiger partial charge on any atom is 0.191 e. The van der Waals surface area contributed by atoms with Crippen LogP contribution in [-0.2, 0) is 12.8 Å². The maximum absolute atomic E-state index is 13.9. The van der Waals surface area contributed by atoms with Crippen LogP contribution < -0.4 is 0 Å². The molecule has 1 heterocycles. The molecule has 0 fully saturated rings. The van der Waals surface area contributed by atoms with Crippen LogP contribution in [0.25, 0.3) is 11.4 Å². The number of rotatable bonds is 4. The largest absolute Gasteiger partial charge is 0.305 e. The van der Waals surface area contributed by atoms with Crippen LogP contribution in [0.15, 0.2) is 47.6 Å². The van der Waals surface area contributed by atoms with Gasteiger partial charge in [-0.05, 0) is 29.8 Å². The molecule has 0 aliphatic rings. The summed E-state index contributed by atoms with van der Waals surface area (Å²) < 4.78 is 29.5. The van der Waals surface area contributed by atoms with E-state index in [1.165, 1.54) is 23.9 Å². The van der Waals surface area contributed by atoms with E-state index >= 15 is 0 Å². The van der Waals surface area contributed by atoms with Crippen LogP contribution in [0.1, 0.15) is 11.1 Å². The average Bonchev–Trinajstić information content (AvgIpc) is 2.95. The molecular formula is C17H12F2N4S. The minimum absolute atomic E-state index is 0.279. The Morgan fingerprint density at radius 1 is 1.12 bits per heavy atom. The molecule has 0 bridgehead atoms. The zero-order chi connectivity index (χ0) is 17.1. The Balaban J connectivity index is 1.80. The first kappa shape index (κ1) is 16.1. The fourth-order valence-electron chi connectivity index (χ4n) is 2.19.